The van der Waals surface area contributed by atoms with Crippen LogP contribution in [0.5, 0.6) is 0 Å². The van der Waals surface area contributed by atoms with E-state index in [2.05, 4.69) is 19.2 Å². The second-order valence-corrected chi connectivity index (χ2v) is 6.98. The van der Waals surface area contributed by atoms with Crippen LogP contribution in [0.4, 0.5) is 8.78 Å². The molecule has 0 aromatic rings. The van der Waals surface area contributed by atoms with Gasteiger partial charge in [0.15, 0.2) is 0 Å². The van der Waals surface area contributed by atoms with Crippen molar-refractivity contribution >= 4 is 0 Å². The van der Waals surface area contributed by atoms with E-state index in [1.165, 1.54) is 32.1 Å². The molecule has 0 aromatic heterocycles. The highest BCUT2D eigenvalue weighted by Gasteiger charge is 2.40. The maximum Gasteiger partial charge on any atom is 0.248 e. The summed E-state index contributed by atoms with van der Waals surface area (Å²) in [5.41, 5.74) is 0. The van der Waals surface area contributed by atoms with Crippen LogP contribution in [-0.2, 0) is 0 Å². The van der Waals surface area contributed by atoms with Gasteiger partial charge in [0.25, 0.3) is 0 Å². The van der Waals surface area contributed by atoms with E-state index in [1.807, 2.05) is 0 Å². The molecule has 0 saturated heterocycles. The first kappa shape index (κ1) is 16.2. The van der Waals surface area contributed by atoms with Gasteiger partial charge in [0.2, 0.25) is 5.92 Å². The number of halogens is 2. The molecule has 1 N–H and O–H groups in total. The Bertz CT molecular complexity index is 283. The SMILES string of the molecule is CCNC(C1CCC(F)(F)CC1)C1CCCC(CC)C1. The van der Waals surface area contributed by atoms with Crippen molar-refractivity contribution in [2.45, 2.75) is 83.6 Å². The van der Waals surface area contributed by atoms with Gasteiger partial charge >= 0.3 is 0 Å². The van der Waals surface area contributed by atoms with E-state index in [9.17, 15) is 8.78 Å². The molecule has 3 heteroatoms. The van der Waals surface area contributed by atoms with Gasteiger partial charge in [0.05, 0.1) is 0 Å². The molecule has 0 bridgehead atoms. The van der Waals surface area contributed by atoms with Crippen LogP contribution in [0, 0.1) is 17.8 Å². The van der Waals surface area contributed by atoms with E-state index in [0.29, 0.717) is 30.7 Å². The minimum absolute atomic E-state index is 0.101. The van der Waals surface area contributed by atoms with Gasteiger partial charge in [-0.3, -0.25) is 0 Å². The lowest BCUT2D eigenvalue weighted by Crippen LogP contribution is -2.46. The third kappa shape index (κ3) is 4.16. The predicted octanol–water partition coefficient (Wildman–Crippen LogP) is 5.01. The molecule has 2 saturated carbocycles. The summed E-state index contributed by atoms with van der Waals surface area (Å²) < 4.78 is 26.7. The van der Waals surface area contributed by atoms with Crippen LogP contribution in [0.3, 0.4) is 0 Å². The van der Waals surface area contributed by atoms with Crippen LogP contribution in [-0.4, -0.2) is 18.5 Å². The molecule has 20 heavy (non-hydrogen) atoms. The van der Waals surface area contributed by atoms with Crippen molar-refractivity contribution in [2.24, 2.45) is 17.8 Å². The van der Waals surface area contributed by atoms with Crippen LogP contribution in [0.2, 0.25) is 0 Å². The van der Waals surface area contributed by atoms with E-state index in [4.69, 9.17) is 0 Å². The fourth-order valence-corrected chi connectivity index (χ4v) is 4.41. The van der Waals surface area contributed by atoms with Gasteiger partial charge in [-0.25, -0.2) is 8.78 Å². The molecule has 118 valence electrons. The summed E-state index contributed by atoms with van der Waals surface area (Å²) in [4.78, 5) is 0. The number of hydrogen-bond acceptors (Lipinski definition) is 1. The first-order chi connectivity index (χ1) is 9.55. The summed E-state index contributed by atoms with van der Waals surface area (Å²) >= 11 is 0. The molecule has 3 unspecified atom stereocenters. The fraction of sp³-hybridized carbons (Fsp3) is 1.00. The quantitative estimate of drug-likeness (QED) is 0.749. The van der Waals surface area contributed by atoms with Crippen LogP contribution < -0.4 is 5.32 Å². The predicted molar refractivity (Wildman–Crippen MR) is 80.1 cm³/mol. The zero-order chi connectivity index (χ0) is 14.6. The Morgan fingerprint density at radius 3 is 2.35 bits per heavy atom. The minimum Gasteiger partial charge on any atom is -0.314 e. The van der Waals surface area contributed by atoms with Gasteiger partial charge in [-0.15, -0.1) is 0 Å². The first-order valence-electron chi connectivity index (χ1n) is 8.67. The van der Waals surface area contributed by atoms with Crippen molar-refractivity contribution in [3.63, 3.8) is 0 Å². The smallest absolute Gasteiger partial charge is 0.248 e. The maximum atomic E-state index is 13.4. The van der Waals surface area contributed by atoms with Crippen molar-refractivity contribution in [3.05, 3.63) is 0 Å². The molecule has 0 amide bonds. The lowest BCUT2D eigenvalue weighted by Gasteiger charge is -2.41. The minimum atomic E-state index is -2.40. The Hall–Kier alpha value is -0.180. The van der Waals surface area contributed by atoms with Crippen molar-refractivity contribution in [2.75, 3.05) is 6.54 Å². The average molecular weight is 287 g/mol. The molecular weight excluding hydrogens is 256 g/mol. The van der Waals surface area contributed by atoms with Crippen LogP contribution in [0.1, 0.15) is 71.6 Å². The zero-order valence-corrected chi connectivity index (χ0v) is 13.1. The zero-order valence-electron chi connectivity index (χ0n) is 13.1. The van der Waals surface area contributed by atoms with E-state index in [-0.39, 0.29) is 12.8 Å². The molecule has 2 fully saturated rings. The Kier molecular flexibility index (Phi) is 5.83. The summed E-state index contributed by atoms with van der Waals surface area (Å²) in [7, 11) is 0. The second kappa shape index (κ2) is 7.20. The summed E-state index contributed by atoms with van der Waals surface area (Å²) in [6.45, 7) is 5.39. The molecule has 0 aliphatic heterocycles. The van der Waals surface area contributed by atoms with Crippen molar-refractivity contribution in [1.29, 1.82) is 0 Å². The molecule has 0 radical (unpaired) electrons. The number of nitrogens with one attached hydrogen (secondary N) is 1. The normalized spacial score (nSPS) is 33.0. The van der Waals surface area contributed by atoms with Gasteiger partial charge in [-0.1, -0.05) is 33.1 Å². The highest BCUT2D eigenvalue weighted by molar-refractivity contribution is 4.90. The van der Waals surface area contributed by atoms with E-state index >= 15 is 0 Å². The maximum absolute atomic E-state index is 13.4. The second-order valence-electron chi connectivity index (χ2n) is 6.98. The topological polar surface area (TPSA) is 12.0 Å². The van der Waals surface area contributed by atoms with Gasteiger partial charge in [-0.2, -0.15) is 0 Å². The standard InChI is InChI=1S/C17H31F2N/c1-3-13-6-5-7-15(12-13)16(20-4-2)14-8-10-17(18,19)11-9-14/h13-16,20H,3-12H2,1-2H3. The Morgan fingerprint density at radius 1 is 1.05 bits per heavy atom. The van der Waals surface area contributed by atoms with Crippen molar-refractivity contribution in [3.8, 4) is 0 Å². The average Bonchev–Trinajstić information content (AvgIpc) is 2.45. The van der Waals surface area contributed by atoms with Crippen LogP contribution >= 0.6 is 0 Å². The Labute approximate surface area is 122 Å². The van der Waals surface area contributed by atoms with Crippen molar-refractivity contribution < 1.29 is 8.78 Å². The summed E-state index contributed by atoms with van der Waals surface area (Å²) in [6.07, 6.45) is 8.19. The Balaban J connectivity index is 1.96. The number of rotatable bonds is 5. The highest BCUT2D eigenvalue weighted by atomic mass is 19.3. The Morgan fingerprint density at radius 2 is 1.75 bits per heavy atom. The third-order valence-electron chi connectivity index (χ3n) is 5.62. The molecule has 2 rings (SSSR count). The van der Waals surface area contributed by atoms with Crippen molar-refractivity contribution in [1.82, 2.24) is 5.32 Å². The highest BCUT2D eigenvalue weighted by Crippen LogP contribution is 2.42. The van der Waals surface area contributed by atoms with Crippen LogP contribution in [0.25, 0.3) is 0 Å². The molecule has 2 aliphatic carbocycles. The van der Waals surface area contributed by atoms with Gasteiger partial charge in [-0.05, 0) is 50.0 Å². The van der Waals surface area contributed by atoms with E-state index < -0.39 is 5.92 Å². The van der Waals surface area contributed by atoms with Gasteiger partial charge in [0, 0.05) is 18.9 Å². The first-order valence-corrected chi connectivity index (χ1v) is 8.67. The lowest BCUT2D eigenvalue weighted by molar-refractivity contribution is -0.0532. The summed E-state index contributed by atoms with van der Waals surface area (Å²) in [5.74, 6) is -0.355. The van der Waals surface area contributed by atoms with E-state index in [0.717, 1.165) is 12.5 Å². The lowest BCUT2D eigenvalue weighted by atomic mass is 9.70. The fourth-order valence-electron chi connectivity index (χ4n) is 4.41. The monoisotopic (exact) mass is 287 g/mol. The molecule has 0 heterocycles. The number of alkyl halides is 2. The number of hydrogen-bond donors (Lipinski definition) is 1. The van der Waals surface area contributed by atoms with Gasteiger partial charge < -0.3 is 5.32 Å². The molecule has 2 aliphatic rings. The van der Waals surface area contributed by atoms with Crippen LogP contribution in [0.15, 0.2) is 0 Å². The molecular formula is C17H31F2N. The molecule has 0 spiro atoms. The summed E-state index contributed by atoms with van der Waals surface area (Å²) in [5, 5.41) is 3.65. The largest absolute Gasteiger partial charge is 0.314 e. The third-order valence-corrected chi connectivity index (χ3v) is 5.62. The van der Waals surface area contributed by atoms with Gasteiger partial charge in [0.1, 0.15) is 0 Å². The molecule has 3 atom stereocenters. The molecule has 0 aromatic carbocycles. The van der Waals surface area contributed by atoms with E-state index in [1.54, 1.807) is 0 Å². The molecule has 1 nitrogen and oxygen atoms in total. The summed E-state index contributed by atoms with van der Waals surface area (Å²) in [6, 6.07) is 0.477.